The molecule has 0 bridgehead atoms. The second-order valence-electron chi connectivity index (χ2n) is 6.57. The van der Waals surface area contributed by atoms with Crippen molar-refractivity contribution in [3.63, 3.8) is 0 Å². The molecule has 2 aromatic rings. The number of halogens is 2. The van der Waals surface area contributed by atoms with Gasteiger partial charge in [-0.3, -0.25) is 9.59 Å². The summed E-state index contributed by atoms with van der Waals surface area (Å²) in [5.41, 5.74) is 0.780. The molecular formula is C19H19Cl2NO2S. The number of hydrogen-bond acceptors (Lipinski definition) is 3. The van der Waals surface area contributed by atoms with Crippen LogP contribution in [0.1, 0.15) is 31.1 Å². The first-order valence-corrected chi connectivity index (χ1v) is 9.43. The maximum atomic E-state index is 12.3. The van der Waals surface area contributed by atoms with Gasteiger partial charge in [-0.05, 0) is 42.5 Å². The van der Waals surface area contributed by atoms with Gasteiger partial charge in [-0.2, -0.15) is 0 Å². The largest absolute Gasteiger partial charge is 0.326 e. The summed E-state index contributed by atoms with van der Waals surface area (Å²) in [6, 6.07) is 12.0. The van der Waals surface area contributed by atoms with Gasteiger partial charge in [0.25, 0.3) is 0 Å². The molecule has 0 aliphatic rings. The number of anilines is 1. The lowest BCUT2D eigenvalue weighted by atomic mass is 9.95. The lowest BCUT2D eigenvalue weighted by Crippen LogP contribution is -2.27. The molecule has 0 saturated heterocycles. The monoisotopic (exact) mass is 395 g/mol. The summed E-state index contributed by atoms with van der Waals surface area (Å²) in [4.78, 5) is 25.1. The molecule has 0 atom stereocenters. The van der Waals surface area contributed by atoms with E-state index in [-0.39, 0.29) is 17.4 Å². The van der Waals surface area contributed by atoms with E-state index in [0.717, 1.165) is 4.90 Å². The highest BCUT2D eigenvalue weighted by Gasteiger charge is 2.21. The number of Topliss-reactive ketones (excluding diaryl/α,β-unsaturated/α-hetero) is 1. The van der Waals surface area contributed by atoms with Gasteiger partial charge >= 0.3 is 0 Å². The summed E-state index contributed by atoms with van der Waals surface area (Å²) in [7, 11) is 0. The molecule has 0 radical (unpaired) electrons. The summed E-state index contributed by atoms with van der Waals surface area (Å²) in [6.07, 6.45) is 0. The van der Waals surface area contributed by atoms with Crippen molar-refractivity contribution in [2.45, 2.75) is 25.7 Å². The molecule has 0 aliphatic carbocycles. The Morgan fingerprint density at radius 3 is 2.28 bits per heavy atom. The highest BCUT2D eigenvalue weighted by Crippen LogP contribution is 2.30. The van der Waals surface area contributed by atoms with Gasteiger partial charge in [0.15, 0.2) is 5.78 Å². The van der Waals surface area contributed by atoms with Gasteiger partial charge in [-0.1, -0.05) is 44.0 Å². The van der Waals surface area contributed by atoms with Crippen molar-refractivity contribution in [1.82, 2.24) is 0 Å². The number of rotatable bonds is 5. The van der Waals surface area contributed by atoms with Crippen molar-refractivity contribution >= 4 is 52.3 Å². The Morgan fingerprint density at radius 2 is 1.68 bits per heavy atom. The standard InChI is InChI=1S/C19H19Cl2NO2S/c1-19(2,3)18(24)22-14-7-4-12(5-8-14)16(23)11-25-17-10-13(20)6-9-15(17)21/h4-10H,11H2,1-3H3,(H,22,24). The summed E-state index contributed by atoms with van der Waals surface area (Å²) in [5, 5.41) is 3.99. The highest BCUT2D eigenvalue weighted by molar-refractivity contribution is 8.00. The average Bonchev–Trinajstić information content (AvgIpc) is 2.55. The first-order chi connectivity index (χ1) is 11.7. The zero-order valence-corrected chi connectivity index (χ0v) is 16.6. The van der Waals surface area contributed by atoms with E-state index in [9.17, 15) is 9.59 Å². The summed E-state index contributed by atoms with van der Waals surface area (Å²) >= 11 is 13.4. The van der Waals surface area contributed by atoms with E-state index in [0.29, 0.717) is 21.3 Å². The third kappa shape index (κ3) is 5.77. The van der Waals surface area contributed by atoms with Crippen LogP contribution in [0.4, 0.5) is 5.69 Å². The van der Waals surface area contributed by atoms with E-state index >= 15 is 0 Å². The molecular weight excluding hydrogens is 377 g/mol. The van der Waals surface area contributed by atoms with Crippen molar-refractivity contribution in [3.05, 3.63) is 58.1 Å². The highest BCUT2D eigenvalue weighted by atomic mass is 35.5. The van der Waals surface area contributed by atoms with Crippen LogP contribution in [0, 0.1) is 5.41 Å². The van der Waals surface area contributed by atoms with Crippen LogP contribution in [0.5, 0.6) is 0 Å². The minimum Gasteiger partial charge on any atom is -0.326 e. The maximum Gasteiger partial charge on any atom is 0.229 e. The molecule has 0 fully saturated rings. The predicted octanol–water partition coefficient (Wildman–Crippen LogP) is 5.95. The van der Waals surface area contributed by atoms with Gasteiger partial charge in [0, 0.05) is 26.6 Å². The third-order valence-corrected chi connectivity index (χ3v) is 5.13. The van der Waals surface area contributed by atoms with Crippen LogP contribution in [0.25, 0.3) is 0 Å². The molecule has 0 heterocycles. The van der Waals surface area contributed by atoms with Crippen LogP contribution in [0.15, 0.2) is 47.4 Å². The smallest absolute Gasteiger partial charge is 0.229 e. The Morgan fingerprint density at radius 1 is 1.04 bits per heavy atom. The number of carbonyl (C=O) groups is 2. The molecule has 0 saturated carbocycles. The van der Waals surface area contributed by atoms with E-state index in [1.54, 1.807) is 42.5 Å². The Hall–Kier alpha value is -1.49. The van der Waals surface area contributed by atoms with Crippen LogP contribution in [0.3, 0.4) is 0 Å². The fourth-order valence-electron chi connectivity index (χ4n) is 1.87. The van der Waals surface area contributed by atoms with E-state index in [1.165, 1.54) is 11.8 Å². The van der Waals surface area contributed by atoms with Crippen LogP contribution >= 0.6 is 35.0 Å². The molecule has 0 aliphatic heterocycles. The number of nitrogens with one attached hydrogen (secondary N) is 1. The Bertz CT molecular complexity index is 783. The second kappa shape index (κ2) is 8.26. The molecule has 1 N–H and O–H groups in total. The lowest BCUT2D eigenvalue weighted by Gasteiger charge is -2.17. The number of carbonyl (C=O) groups excluding carboxylic acids is 2. The zero-order chi connectivity index (χ0) is 18.6. The lowest BCUT2D eigenvalue weighted by molar-refractivity contribution is -0.123. The first kappa shape index (κ1) is 19.8. The van der Waals surface area contributed by atoms with Crippen molar-refractivity contribution in [2.24, 2.45) is 5.41 Å². The third-order valence-electron chi connectivity index (χ3n) is 3.40. The Labute approximate surface area is 162 Å². The number of hydrogen-bond donors (Lipinski definition) is 1. The van der Waals surface area contributed by atoms with Gasteiger partial charge in [0.1, 0.15) is 0 Å². The van der Waals surface area contributed by atoms with Crippen molar-refractivity contribution in [2.75, 3.05) is 11.1 Å². The van der Waals surface area contributed by atoms with E-state index in [4.69, 9.17) is 23.2 Å². The molecule has 25 heavy (non-hydrogen) atoms. The van der Waals surface area contributed by atoms with Crippen molar-refractivity contribution in [3.8, 4) is 0 Å². The molecule has 0 unspecified atom stereocenters. The molecule has 0 spiro atoms. The number of benzene rings is 2. The van der Waals surface area contributed by atoms with Gasteiger partial charge in [0.2, 0.25) is 5.91 Å². The number of thioether (sulfide) groups is 1. The maximum absolute atomic E-state index is 12.3. The molecule has 132 valence electrons. The van der Waals surface area contributed by atoms with Crippen LogP contribution < -0.4 is 5.32 Å². The molecule has 6 heteroatoms. The minimum atomic E-state index is -0.471. The fourth-order valence-corrected chi connectivity index (χ4v) is 3.26. The quantitative estimate of drug-likeness (QED) is 0.502. The van der Waals surface area contributed by atoms with E-state index < -0.39 is 5.41 Å². The molecule has 2 aromatic carbocycles. The van der Waals surface area contributed by atoms with Gasteiger partial charge < -0.3 is 5.32 Å². The zero-order valence-electron chi connectivity index (χ0n) is 14.2. The predicted molar refractivity (Wildman–Crippen MR) is 106 cm³/mol. The summed E-state index contributed by atoms with van der Waals surface area (Å²) in [6.45, 7) is 5.54. The minimum absolute atomic E-state index is 0.0188. The Balaban J connectivity index is 1.98. The topological polar surface area (TPSA) is 46.2 Å². The van der Waals surface area contributed by atoms with Gasteiger partial charge in [-0.15, -0.1) is 11.8 Å². The normalized spacial score (nSPS) is 11.2. The molecule has 3 nitrogen and oxygen atoms in total. The molecule has 0 aromatic heterocycles. The molecule has 1 amide bonds. The SMILES string of the molecule is CC(C)(C)C(=O)Nc1ccc(C(=O)CSc2cc(Cl)ccc2Cl)cc1. The first-order valence-electron chi connectivity index (χ1n) is 7.69. The fraction of sp³-hybridized carbons (Fsp3) is 0.263. The number of ketones is 1. The van der Waals surface area contributed by atoms with Crippen LogP contribution in [0.2, 0.25) is 10.0 Å². The van der Waals surface area contributed by atoms with Crippen LogP contribution in [-0.4, -0.2) is 17.4 Å². The van der Waals surface area contributed by atoms with E-state index in [2.05, 4.69) is 5.32 Å². The van der Waals surface area contributed by atoms with E-state index in [1.807, 2.05) is 20.8 Å². The van der Waals surface area contributed by atoms with Crippen molar-refractivity contribution < 1.29 is 9.59 Å². The van der Waals surface area contributed by atoms with Gasteiger partial charge in [-0.25, -0.2) is 0 Å². The van der Waals surface area contributed by atoms with Gasteiger partial charge in [0.05, 0.1) is 10.8 Å². The van der Waals surface area contributed by atoms with Crippen LogP contribution in [-0.2, 0) is 4.79 Å². The Kier molecular flexibility index (Phi) is 6.55. The average molecular weight is 396 g/mol. The summed E-state index contributed by atoms with van der Waals surface area (Å²) < 4.78 is 0. The van der Waals surface area contributed by atoms with Crippen molar-refractivity contribution in [1.29, 1.82) is 0 Å². The number of amides is 1. The second-order valence-corrected chi connectivity index (χ2v) is 8.43. The molecule has 2 rings (SSSR count). The summed E-state index contributed by atoms with van der Waals surface area (Å²) in [5.74, 6) is 0.167.